The van der Waals surface area contributed by atoms with E-state index in [9.17, 15) is 10.1 Å². The molecule has 2 aromatic heterocycles. The van der Waals surface area contributed by atoms with Crippen LogP contribution in [0.15, 0.2) is 55.4 Å². The fraction of sp³-hybridized carbons (Fsp3) is 0.286. The minimum Gasteiger partial charge on any atom is -0.364 e. The van der Waals surface area contributed by atoms with Crippen LogP contribution in [0.3, 0.4) is 0 Å². The van der Waals surface area contributed by atoms with E-state index in [2.05, 4.69) is 26.3 Å². The van der Waals surface area contributed by atoms with Crippen LogP contribution in [0.5, 0.6) is 0 Å². The van der Waals surface area contributed by atoms with E-state index in [4.69, 9.17) is 11.6 Å². The average Bonchev–Trinajstić information content (AvgIpc) is 3.31. The smallest absolute Gasteiger partial charge is 0.353 e. The SMILES string of the molecule is O=[N+]([O-])c1c(NCCCn2ccnc2)ncnc1N1CC=C(c2ccc(Cl)cc2)CC1. The van der Waals surface area contributed by atoms with Gasteiger partial charge in [0.25, 0.3) is 0 Å². The minimum absolute atomic E-state index is 0.0894. The zero-order valence-corrected chi connectivity index (χ0v) is 17.6. The number of imidazole rings is 1. The van der Waals surface area contributed by atoms with Gasteiger partial charge in [0.1, 0.15) is 6.33 Å². The summed E-state index contributed by atoms with van der Waals surface area (Å²) < 4.78 is 1.96. The molecular weight excluding hydrogens is 418 g/mol. The van der Waals surface area contributed by atoms with E-state index in [-0.39, 0.29) is 11.5 Å². The van der Waals surface area contributed by atoms with Crippen LogP contribution in [0.1, 0.15) is 18.4 Å². The lowest BCUT2D eigenvalue weighted by molar-refractivity contribution is -0.383. The first kappa shape index (κ1) is 20.8. The number of hydrogen-bond acceptors (Lipinski definition) is 7. The van der Waals surface area contributed by atoms with Gasteiger partial charge < -0.3 is 14.8 Å². The van der Waals surface area contributed by atoms with Gasteiger partial charge in [0, 0.05) is 43.6 Å². The maximum atomic E-state index is 11.8. The molecule has 4 rings (SSSR count). The van der Waals surface area contributed by atoms with Crippen molar-refractivity contribution in [3.8, 4) is 0 Å². The summed E-state index contributed by atoms with van der Waals surface area (Å²) in [6.45, 7) is 2.49. The zero-order valence-electron chi connectivity index (χ0n) is 16.8. The molecule has 0 fully saturated rings. The monoisotopic (exact) mass is 439 g/mol. The molecule has 160 valence electrons. The highest BCUT2D eigenvalue weighted by molar-refractivity contribution is 6.30. The molecule has 0 saturated heterocycles. The van der Waals surface area contributed by atoms with E-state index in [1.807, 2.05) is 39.9 Å². The summed E-state index contributed by atoms with van der Waals surface area (Å²) in [5, 5.41) is 15.6. The number of hydrogen-bond donors (Lipinski definition) is 1. The molecule has 1 aliphatic heterocycles. The molecule has 1 aromatic carbocycles. The number of aryl methyl sites for hydroxylation is 1. The minimum atomic E-state index is -0.411. The Balaban J connectivity index is 1.46. The van der Waals surface area contributed by atoms with Gasteiger partial charge in [0.15, 0.2) is 0 Å². The van der Waals surface area contributed by atoms with Crippen molar-refractivity contribution >= 4 is 34.5 Å². The first-order chi connectivity index (χ1) is 15.1. The molecule has 10 heteroatoms. The predicted molar refractivity (Wildman–Crippen MR) is 120 cm³/mol. The van der Waals surface area contributed by atoms with E-state index in [0.29, 0.717) is 30.5 Å². The van der Waals surface area contributed by atoms with Crippen molar-refractivity contribution in [1.82, 2.24) is 19.5 Å². The lowest BCUT2D eigenvalue weighted by Gasteiger charge is -2.27. The molecule has 0 bridgehead atoms. The lowest BCUT2D eigenvalue weighted by Crippen LogP contribution is -2.30. The van der Waals surface area contributed by atoms with Crippen molar-refractivity contribution < 1.29 is 4.92 Å². The van der Waals surface area contributed by atoms with Gasteiger partial charge in [0.05, 0.1) is 11.3 Å². The van der Waals surface area contributed by atoms with E-state index in [1.165, 1.54) is 11.9 Å². The largest absolute Gasteiger partial charge is 0.364 e. The van der Waals surface area contributed by atoms with Crippen LogP contribution in [-0.4, -0.2) is 44.1 Å². The number of benzene rings is 1. The Labute approximate surface area is 184 Å². The Hall–Kier alpha value is -3.46. The van der Waals surface area contributed by atoms with Crippen molar-refractivity contribution in [3.05, 3.63) is 76.1 Å². The summed E-state index contributed by atoms with van der Waals surface area (Å²) in [7, 11) is 0. The first-order valence-corrected chi connectivity index (χ1v) is 10.4. The molecule has 0 unspecified atom stereocenters. The summed E-state index contributed by atoms with van der Waals surface area (Å²) in [4.78, 5) is 25.7. The number of halogens is 1. The van der Waals surface area contributed by atoms with Crippen molar-refractivity contribution in [1.29, 1.82) is 0 Å². The molecule has 3 aromatic rings. The Kier molecular flexibility index (Phi) is 6.42. The van der Waals surface area contributed by atoms with E-state index in [1.54, 1.807) is 12.5 Å². The third kappa shape index (κ3) is 5.00. The van der Waals surface area contributed by atoms with Crippen molar-refractivity contribution in [2.24, 2.45) is 0 Å². The van der Waals surface area contributed by atoms with Gasteiger partial charge >= 0.3 is 5.69 Å². The van der Waals surface area contributed by atoms with Crippen LogP contribution in [0.2, 0.25) is 5.02 Å². The molecule has 1 N–H and O–H groups in total. The van der Waals surface area contributed by atoms with E-state index < -0.39 is 4.92 Å². The highest BCUT2D eigenvalue weighted by Gasteiger charge is 2.28. The average molecular weight is 440 g/mol. The number of rotatable bonds is 8. The molecule has 0 saturated carbocycles. The van der Waals surface area contributed by atoms with Crippen molar-refractivity contribution in [2.45, 2.75) is 19.4 Å². The molecule has 31 heavy (non-hydrogen) atoms. The molecule has 0 spiro atoms. The van der Waals surface area contributed by atoms with Gasteiger partial charge in [-0.2, -0.15) is 0 Å². The standard InChI is InChI=1S/C21H22ClN7O2/c22-18-4-2-16(3-5-18)17-6-11-28(12-7-17)21-19(29(30)31)20(25-14-26-21)24-8-1-10-27-13-9-23-15-27/h2-6,9,13-15H,1,7-8,10-12H2,(H,24,25,26). The van der Waals surface area contributed by atoms with Crippen molar-refractivity contribution in [3.63, 3.8) is 0 Å². The molecule has 0 amide bonds. The first-order valence-electron chi connectivity index (χ1n) is 10.0. The van der Waals surface area contributed by atoms with E-state index in [0.717, 1.165) is 24.9 Å². The van der Waals surface area contributed by atoms with Crippen LogP contribution in [0.4, 0.5) is 17.3 Å². The fourth-order valence-corrected chi connectivity index (χ4v) is 3.70. The summed E-state index contributed by atoms with van der Waals surface area (Å²) in [6, 6.07) is 7.71. The molecule has 0 aliphatic carbocycles. The fourth-order valence-electron chi connectivity index (χ4n) is 3.57. The molecular formula is C21H22ClN7O2. The van der Waals surface area contributed by atoms with Crippen LogP contribution in [0.25, 0.3) is 5.57 Å². The topological polar surface area (TPSA) is 102 Å². The van der Waals surface area contributed by atoms with Gasteiger partial charge in [-0.1, -0.05) is 29.8 Å². The van der Waals surface area contributed by atoms with Crippen LogP contribution in [0, 0.1) is 10.1 Å². The van der Waals surface area contributed by atoms with Crippen LogP contribution >= 0.6 is 11.6 Å². The zero-order chi connectivity index (χ0) is 21.6. The van der Waals surface area contributed by atoms with Crippen LogP contribution in [-0.2, 0) is 6.54 Å². The van der Waals surface area contributed by atoms with Gasteiger partial charge in [0.2, 0.25) is 11.6 Å². The summed E-state index contributed by atoms with van der Waals surface area (Å²) in [6.07, 6.45) is 10.3. The number of nitro groups is 1. The maximum absolute atomic E-state index is 11.8. The lowest BCUT2D eigenvalue weighted by atomic mass is 9.99. The third-order valence-corrected chi connectivity index (χ3v) is 5.41. The van der Waals surface area contributed by atoms with Gasteiger partial charge in [-0.15, -0.1) is 0 Å². The number of aromatic nitrogens is 4. The Morgan fingerprint density at radius 2 is 2.06 bits per heavy atom. The molecule has 0 atom stereocenters. The number of nitrogens with zero attached hydrogens (tertiary/aromatic N) is 6. The summed E-state index contributed by atoms with van der Waals surface area (Å²) in [5.41, 5.74) is 2.22. The third-order valence-electron chi connectivity index (χ3n) is 5.15. The second kappa shape index (κ2) is 9.57. The summed E-state index contributed by atoms with van der Waals surface area (Å²) in [5.74, 6) is 0.580. The van der Waals surface area contributed by atoms with Gasteiger partial charge in [-0.3, -0.25) is 10.1 Å². The summed E-state index contributed by atoms with van der Waals surface area (Å²) >= 11 is 5.97. The Morgan fingerprint density at radius 3 is 2.74 bits per heavy atom. The Morgan fingerprint density at radius 1 is 1.23 bits per heavy atom. The normalized spacial score (nSPS) is 13.7. The quantitative estimate of drug-likeness (QED) is 0.321. The van der Waals surface area contributed by atoms with Crippen molar-refractivity contribution in [2.75, 3.05) is 29.9 Å². The highest BCUT2D eigenvalue weighted by atomic mass is 35.5. The van der Waals surface area contributed by atoms with Gasteiger partial charge in [-0.25, -0.2) is 15.0 Å². The predicted octanol–water partition coefficient (Wildman–Crippen LogP) is 4.03. The molecule has 0 radical (unpaired) electrons. The molecule has 9 nitrogen and oxygen atoms in total. The van der Waals surface area contributed by atoms with Gasteiger partial charge in [-0.05, 0) is 36.1 Å². The maximum Gasteiger partial charge on any atom is 0.353 e. The number of anilines is 2. The second-order valence-corrected chi connectivity index (χ2v) is 7.60. The highest BCUT2D eigenvalue weighted by Crippen LogP contribution is 2.34. The molecule has 1 aliphatic rings. The number of nitrogens with one attached hydrogen (secondary N) is 1. The van der Waals surface area contributed by atoms with Crippen LogP contribution < -0.4 is 10.2 Å². The second-order valence-electron chi connectivity index (χ2n) is 7.16. The van der Waals surface area contributed by atoms with E-state index >= 15 is 0 Å². The molecule has 3 heterocycles. The Bertz CT molecular complexity index is 1070.